The quantitative estimate of drug-likeness (QED) is 0.506. The minimum Gasteiger partial charge on any atom is -0.503 e. The number of phenols is 1. The molecule has 2 aromatic carbocycles. The lowest BCUT2D eigenvalue weighted by molar-refractivity contribution is -0.139. The second-order valence-electron chi connectivity index (χ2n) is 8.00. The first-order chi connectivity index (χ1) is 16.7. The van der Waals surface area contributed by atoms with Gasteiger partial charge in [-0.05, 0) is 57.0 Å². The Morgan fingerprint density at radius 2 is 1.91 bits per heavy atom. The lowest BCUT2D eigenvalue weighted by Crippen LogP contribution is -2.39. The Hall–Kier alpha value is -3.36. The van der Waals surface area contributed by atoms with Crippen molar-refractivity contribution in [2.24, 2.45) is 4.99 Å². The molecule has 7 nitrogen and oxygen atoms in total. The molecule has 0 saturated heterocycles. The van der Waals surface area contributed by atoms with Gasteiger partial charge in [0.15, 0.2) is 16.3 Å². The van der Waals surface area contributed by atoms with Crippen molar-refractivity contribution in [1.82, 2.24) is 4.57 Å². The summed E-state index contributed by atoms with van der Waals surface area (Å²) in [5, 5.41) is 10.3. The SMILES string of the molecule is CCOC(=O)C1=C(C)N=c2s/c(=C/c3cc(Cl)c(O)c(OCC)c3)c(=O)n2[C@H]1c1ccc(C)cc1. The molecule has 0 unspecified atom stereocenters. The summed E-state index contributed by atoms with van der Waals surface area (Å²) in [6, 6.07) is 10.2. The highest BCUT2D eigenvalue weighted by atomic mass is 35.5. The highest BCUT2D eigenvalue weighted by molar-refractivity contribution is 7.07. The van der Waals surface area contributed by atoms with Crippen molar-refractivity contribution in [2.75, 3.05) is 13.2 Å². The molecule has 4 rings (SSSR count). The number of nitrogens with zero attached hydrogens (tertiary/aromatic N) is 2. The maximum Gasteiger partial charge on any atom is 0.338 e. The highest BCUT2D eigenvalue weighted by Crippen LogP contribution is 2.35. The van der Waals surface area contributed by atoms with Crippen LogP contribution in [0, 0.1) is 6.92 Å². The number of ether oxygens (including phenoxy) is 2. The molecule has 1 aliphatic rings. The van der Waals surface area contributed by atoms with Crippen molar-refractivity contribution in [3.05, 3.63) is 89.1 Å². The Labute approximate surface area is 211 Å². The fourth-order valence-electron chi connectivity index (χ4n) is 3.95. The smallest absolute Gasteiger partial charge is 0.338 e. The van der Waals surface area contributed by atoms with E-state index in [-0.39, 0.29) is 28.7 Å². The summed E-state index contributed by atoms with van der Waals surface area (Å²) < 4.78 is 12.7. The van der Waals surface area contributed by atoms with Crippen LogP contribution >= 0.6 is 22.9 Å². The molecule has 1 aliphatic heterocycles. The number of hydrogen-bond donors (Lipinski definition) is 1. The van der Waals surface area contributed by atoms with Crippen LogP contribution in [0.3, 0.4) is 0 Å². The maximum atomic E-state index is 13.7. The topological polar surface area (TPSA) is 90.1 Å². The van der Waals surface area contributed by atoms with E-state index in [1.807, 2.05) is 31.2 Å². The molecule has 0 fully saturated rings. The normalized spacial score (nSPS) is 15.6. The van der Waals surface area contributed by atoms with Gasteiger partial charge in [0.25, 0.3) is 5.56 Å². The van der Waals surface area contributed by atoms with Gasteiger partial charge in [-0.3, -0.25) is 9.36 Å². The molecule has 0 bridgehead atoms. The molecule has 2 heterocycles. The zero-order valence-electron chi connectivity index (χ0n) is 19.8. The lowest BCUT2D eigenvalue weighted by atomic mass is 9.95. The predicted octanol–water partition coefficient (Wildman–Crippen LogP) is 3.86. The summed E-state index contributed by atoms with van der Waals surface area (Å²) >= 11 is 7.39. The van der Waals surface area contributed by atoms with Crippen LogP contribution in [-0.2, 0) is 9.53 Å². The number of hydrogen-bond acceptors (Lipinski definition) is 7. The molecular weight excluding hydrogens is 488 g/mol. The summed E-state index contributed by atoms with van der Waals surface area (Å²) in [5.41, 5.74) is 2.99. The fourth-order valence-corrected chi connectivity index (χ4v) is 5.22. The average Bonchev–Trinajstić information content (AvgIpc) is 3.11. The summed E-state index contributed by atoms with van der Waals surface area (Å²) in [6.07, 6.45) is 1.67. The standard InChI is InChI=1S/C26H25ClN2O5S/c1-5-33-19-12-16(11-18(27)23(19)30)13-20-24(31)29-22(17-9-7-14(3)8-10-17)21(25(32)34-6-2)15(4)28-26(29)35-20/h7-13,22,30H,5-6H2,1-4H3/b20-13+/t22-/m0/s1. The molecule has 0 saturated carbocycles. The van der Waals surface area contributed by atoms with E-state index in [9.17, 15) is 14.7 Å². The van der Waals surface area contributed by atoms with Crippen LogP contribution in [0.2, 0.25) is 5.02 Å². The van der Waals surface area contributed by atoms with Gasteiger partial charge in [-0.2, -0.15) is 0 Å². The molecule has 182 valence electrons. The first kappa shape index (κ1) is 24.8. The number of aryl methyl sites for hydroxylation is 1. The number of rotatable bonds is 6. The average molecular weight is 513 g/mol. The van der Waals surface area contributed by atoms with Gasteiger partial charge in [0.1, 0.15) is 0 Å². The van der Waals surface area contributed by atoms with Gasteiger partial charge in [-0.15, -0.1) is 0 Å². The Morgan fingerprint density at radius 1 is 1.20 bits per heavy atom. The van der Waals surface area contributed by atoms with Crippen molar-refractivity contribution in [2.45, 2.75) is 33.7 Å². The van der Waals surface area contributed by atoms with Gasteiger partial charge >= 0.3 is 5.97 Å². The zero-order chi connectivity index (χ0) is 25.3. The van der Waals surface area contributed by atoms with E-state index in [0.29, 0.717) is 32.8 Å². The van der Waals surface area contributed by atoms with E-state index in [1.54, 1.807) is 39.0 Å². The van der Waals surface area contributed by atoms with Crippen molar-refractivity contribution in [1.29, 1.82) is 0 Å². The number of thiazole rings is 1. The monoisotopic (exact) mass is 512 g/mol. The molecule has 1 N–H and O–H groups in total. The number of aromatic hydroxyl groups is 1. The number of allylic oxidation sites excluding steroid dienone is 1. The molecule has 3 aromatic rings. The van der Waals surface area contributed by atoms with Crippen molar-refractivity contribution < 1.29 is 19.4 Å². The van der Waals surface area contributed by atoms with Crippen molar-refractivity contribution in [3.63, 3.8) is 0 Å². The van der Waals surface area contributed by atoms with Crippen molar-refractivity contribution in [3.8, 4) is 11.5 Å². The van der Waals surface area contributed by atoms with Gasteiger partial charge in [0.2, 0.25) is 0 Å². The minimum atomic E-state index is -0.671. The predicted molar refractivity (Wildman–Crippen MR) is 136 cm³/mol. The number of aromatic nitrogens is 1. The molecule has 0 radical (unpaired) electrons. The summed E-state index contributed by atoms with van der Waals surface area (Å²) in [5.74, 6) is -0.418. The molecule has 1 atom stereocenters. The van der Waals surface area contributed by atoms with Gasteiger partial charge in [-0.1, -0.05) is 52.8 Å². The van der Waals surface area contributed by atoms with Gasteiger partial charge in [0.05, 0.1) is 40.1 Å². The van der Waals surface area contributed by atoms with Crippen molar-refractivity contribution >= 4 is 35.0 Å². The van der Waals surface area contributed by atoms with Crippen LogP contribution in [0.25, 0.3) is 6.08 Å². The van der Waals surface area contributed by atoms with Crippen LogP contribution in [0.15, 0.2) is 57.5 Å². The van der Waals surface area contributed by atoms with Crippen LogP contribution in [-0.4, -0.2) is 28.9 Å². The van der Waals surface area contributed by atoms with Gasteiger partial charge in [-0.25, -0.2) is 9.79 Å². The van der Waals surface area contributed by atoms with Gasteiger partial charge in [0, 0.05) is 0 Å². The van der Waals surface area contributed by atoms with E-state index >= 15 is 0 Å². The third-order valence-corrected chi connectivity index (χ3v) is 6.83. The van der Waals surface area contributed by atoms with E-state index in [2.05, 4.69) is 4.99 Å². The van der Waals surface area contributed by atoms with E-state index in [1.165, 1.54) is 15.9 Å². The number of benzene rings is 2. The molecule has 9 heteroatoms. The Kier molecular flexibility index (Phi) is 7.14. The Morgan fingerprint density at radius 3 is 2.57 bits per heavy atom. The van der Waals surface area contributed by atoms with Crippen LogP contribution in [0.4, 0.5) is 0 Å². The molecule has 0 aliphatic carbocycles. The summed E-state index contributed by atoms with van der Waals surface area (Å²) in [7, 11) is 0. The lowest BCUT2D eigenvalue weighted by Gasteiger charge is -2.24. The number of carbonyl (C=O) groups excluding carboxylic acids is 1. The summed E-state index contributed by atoms with van der Waals surface area (Å²) in [6.45, 7) is 7.82. The minimum absolute atomic E-state index is 0.118. The third kappa shape index (κ3) is 4.76. The molecule has 0 amide bonds. The second kappa shape index (κ2) is 10.1. The Bertz CT molecular complexity index is 1500. The number of esters is 1. The molecule has 1 aromatic heterocycles. The van der Waals surface area contributed by atoms with E-state index in [4.69, 9.17) is 21.1 Å². The van der Waals surface area contributed by atoms with E-state index in [0.717, 1.165) is 11.1 Å². The largest absolute Gasteiger partial charge is 0.503 e. The number of halogens is 1. The zero-order valence-corrected chi connectivity index (χ0v) is 21.4. The number of carbonyl (C=O) groups is 1. The highest BCUT2D eigenvalue weighted by Gasteiger charge is 2.33. The van der Waals surface area contributed by atoms with E-state index < -0.39 is 12.0 Å². The van der Waals surface area contributed by atoms with Crippen LogP contribution < -0.4 is 19.6 Å². The maximum absolute atomic E-state index is 13.7. The summed E-state index contributed by atoms with van der Waals surface area (Å²) in [4.78, 5) is 31.6. The Balaban J connectivity index is 1.93. The molecule has 0 spiro atoms. The molecule has 35 heavy (non-hydrogen) atoms. The van der Waals surface area contributed by atoms with Gasteiger partial charge < -0.3 is 14.6 Å². The third-order valence-electron chi connectivity index (χ3n) is 5.56. The first-order valence-electron chi connectivity index (χ1n) is 11.2. The fraction of sp³-hybridized carbons (Fsp3) is 0.269. The molecular formula is C26H25ClN2O5S. The van der Waals surface area contributed by atoms with Crippen LogP contribution in [0.5, 0.6) is 11.5 Å². The second-order valence-corrected chi connectivity index (χ2v) is 9.41. The number of fused-ring (bicyclic) bond motifs is 1. The van der Waals surface area contributed by atoms with Crippen LogP contribution in [0.1, 0.15) is 43.5 Å². The first-order valence-corrected chi connectivity index (χ1v) is 12.4. The number of phenolic OH excluding ortho intramolecular Hbond substituents is 1.